The summed E-state index contributed by atoms with van der Waals surface area (Å²) in [6, 6.07) is 13.4. The van der Waals surface area contributed by atoms with Gasteiger partial charge in [-0.25, -0.2) is 9.18 Å². The van der Waals surface area contributed by atoms with Crippen LogP contribution < -0.4 is 5.32 Å². The lowest BCUT2D eigenvalue weighted by atomic mass is 9.71. The third-order valence-electron chi connectivity index (χ3n) is 5.78. The number of carbonyl (C=O) groups is 2. The summed E-state index contributed by atoms with van der Waals surface area (Å²) in [5.41, 5.74) is 3.91. The number of dihydropyridines is 1. The molecule has 6 heteroatoms. The topological polar surface area (TPSA) is 55.4 Å². The summed E-state index contributed by atoms with van der Waals surface area (Å²) in [6.45, 7) is 1.79. The fourth-order valence-corrected chi connectivity index (χ4v) is 4.72. The van der Waals surface area contributed by atoms with Crippen molar-refractivity contribution in [3.05, 3.63) is 93.0 Å². The number of esters is 1. The van der Waals surface area contributed by atoms with Gasteiger partial charge in [-0.15, -0.1) is 0 Å². The van der Waals surface area contributed by atoms with Crippen LogP contribution in [-0.2, 0) is 14.3 Å². The molecule has 4 rings (SSSR count). The van der Waals surface area contributed by atoms with E-state index in [4.69, 9.17) is 16.3 Å². The first-order valence-corrected chi connectivity index (χ1v) is 10.1. The average Bonchev–Trinajstić information content (AvgIpc) is 2.73. The van der Waals surface area contributed by atoms with E-state index in [1.807, 2.05) is 24.3 Å². The summed E-state index contributed by atoms with van der Waals surface area (Å²) in [6.07, 6.45) is 0.879. The lowest BCUT2D eigenvalue weighted by Crippen LogP contribution is -2.36. The van der Waals surface area contributed by atoms with Gasteiger partial charge in [0.2, 0.25) is 0 Å². The Bertz CT molecular complexity index is 1090. The number of hydrogen-bond acceptors (Lipinski definition) is 4. The van der Waals surface area contributed by atoms with Gasteiger partial charge in [0.15, 0.2) is 5.78 Å². The van der Waals surface area contributed by atoms with Crippen LogP contribution in [0.2, 0.25) is 5.02 Å². The predicted molar refractivity (Wildman–Crippen MR) is 112 cm³/mol. The highest BCUT2D eigenvalue weighted by atomic mass is 35.5. The van der Waals surface area contributed by atoms with Crippen molar-refractivity contribution in [2.24, 2.45) is 0 Å². The van der Waals surface area contributed by atoms with E-state index in [0.717, 1.165) is 11.3 Å². The van der Waals surface area contributed by atoms with E-state index in [-0.39, 0.29) is 23.9 Å². The second kappa shape index (κ2) is 8.07. The Hall–Kier alpha value is -2.92. The average molecular weight is 426 g/mol. The number of allylic oxidation sites excluding steroid dienone is 3. The number of Topliss-reactive ketones (excluding diaryl/α,β-unsaturated/α-hetero) is 1. The quantitative estimate of drug-likeness (QED) is 0.702. The molecule has 154 valence electrons. The molecule has 4 nitrogen and oxygen atoms in total. The molecule has 0 amide bonds. The lowest BCUT2D eigenvalue weighted by Gasteiger charge is -2.36. The van der Waals surface area contributed by atoms with Crippen molar-refractivity contribution in [3.8, 4) is 0 Å². The van der Waals surface area contributed by atoms with Crippen LogP contribution in [0.3, 0.4) is 0 Å². The Morgan fingerprint density at radius 3 is 2.50 bits per heavy atom. The number of hydrogen-bond donors (Lipinski definition) is 1. The number of halogens is 2. The van der Waals surface area contributed by atoms with E-state index in [0.29, 0.717) is 33.9 Å². The van der Waals surface area contributed by atoms with Crippen LogP contribution in [-0.4, -0.2) is 18.9 Å². The lowest BCUT2D eigenvalue weighted by molar-refractivity contribution is -0.136. The minimum atomic E-state index is -0.603. The monoisotopic (exact) mass is 425 g/mol. The smallest absolute Gasteiger partial charge is 0.336 e. The molecule has 1 aliphatic heterocycles. The van der Waals surface area contributed by atoms with Crippen molar-refractivity contribution >= 4 is 23.4 Å². The van der Waals surface area contributed by atoms with E-state index in [9.17, 15) is 14.0 Å². The van der Waals surface area contributed by atoms with Crippen molar-refractivity contribution in [1.29, 1.82) is 0 Å². The molecule has 2 aromatic rings. The molecular formula is C24H21ClFNO3. The van der Waals surface area contributed by atoms with Gasteiger partial charge in [0.1, 0.15) is 5.82 Å². The Morgan fingerprint density at radius 1 is 1.13 bits per heavy atom. The number of ether oxygens (including phenoxy) is 1. The molecule has 30 heavy (non-hydrogen) atoms. The second-order valence-electron chi connectivity index (χ2n) is 7.58. The minimum Gasteiger partial charge on any atom is -0.466 e. The Morgan fingerprint density at radius 2 is 1.83 bits per heavy atom. The second-order valence-corrected chi connectivity index (χ2v) is 7.99. The van der Waals surface area contributed by atoms with Gasteiger partial charge in [-0.05, 0) is 48.6 Å². The van der Waals surface area contributed by atoms with E-state index < -0.39 is 11.9 Å². The van der Waals surface area contributed by atoms with Crippen molar-refractivity contribution in [3.63, 3.8) is 0 Å². The van der Waals surface area contributed by atoms with Crippen molar-refractivity contribution < 1.29 is 18.7 Å². The summed E-state index contributed by atoms with van der Waals surface area (Å²) < 4.78 is 18.5. The molecule has 1 aliphatic carbocycles. The van der Waals surface area contributed by atoms with Gasteiger partial charge in [-0.2, -0.15) is 0 Å². The van der Waals surface area contributed by atoms with Crippen molar-refractivity contribution in [1.82, 2.24) is 5.32 Å². The van der Waals surface area contributed by atoms with Gasteiger partial charge in [0, 0.05) is 34.3 Å². The summed E-state index contributed by atoms with van der Waals surface area (Å²) in [7, 11) is 1.31. The molecule has 0 fully saturated rings. The zero-order valence-corrected chi connectivity index (χ0v) is 17.4. The number of nitrogens with one attached hydrogen (secondary N) is 1. The van der Waals surface area contributed by atoms with Gasteiger partial charge in [-0.1, -0.05) is 41.9 Å². The predicted octanol–water partition coefficient (Wildman–Crippen LogP) is 5.01. The number of methoxy groups -OCH3 is 1. The van der Waals surface area contributed by atoms with Gasteiger partial charge in [0.25, 0.3) is 0 Å². The maximum absolute atomic E-state index is 13.5. The van der Waals surface area contributed by atoms with Gasteiger partial charge < -0.3 is 10.1 Å². The zero-order chi connectivity index (χ0) is 21.4. The summed E-state index contributed by atoms with van der Waals surface area (Å²) in [5.74, 6) is -1.61. The number of rotatable bonds is 3. The fourth-order valence-electron chi connectivity index (χ4n) is 4.43. The Balaban J connectivity index is 1.82. The van der Waals surface area contributed by atoms with Crippen molar-refractivity contribution in [2.45, 2.75) is 31.6 Å². The van der Waals surface area contributed by atoms with Gasteiger partial charge in [0.05, 0.1) is 12.7 Å². The molecule has 0 spiro atoms. The molecule has 2 atom stereocenters. The van der Waals surface area contributed by atoms with Crippen LogP contribution in [0.4, 0.5) is 4.39 Å². The van der Waals surface area contributed by atoms with Crippen LogP contribution in [0.5, 0.6) is 0 Å². The number of benzene rings is 2. The van der Waals surface area contributed by atoms with Crippen LogP contribution in [0, 0.1) is 5.82 Å². The highest BCUT2D eigenvalue weighted by Crippen LogP contribution is 2.46. The molecule has 0 bridgehead atoms. The highest BCUT2D eigenvalue weighted by molar-refractivity contribution is 6.31. The number of ketones is 1. The largest absolute Gasteiger partial charge is 0.466 e. The molecule has 2 aliphatic rings. The van der Waals surface area contributed by atoms with E-state index in [1.54, 1.807) is 19.1 Å². The molecule has 0 saturated carbocycles. The molecule has 0 aromatic heterocycles. The molecular weight excluding hydrogens is 405 g/mol. The SMILES string of the molecule is COC(=O)C1=C(C)NC2=C(C(=O)C[C@H](c3ccccc3Cl)C2)[C@H]1c1ccc(F)cc1. The molecule has 0 unspecified atom stereocenters. The summed E-state index contributed by atoms with van der Waals surface area (Å²) in [5, 5.41) is 3.90. The first-order valence-electron chi connectivity index (χ1n) is 9.73. The normalized spacial score (nSPS) is 21.3. The minimum absolute atomic E-state index is 0.0567. The maximum Gasteiger partial charge on any atom is 0.336 e. The van der Waals surface area contributed by atoms with Gasteiger partial charge in [-0.3, -0.25) is 4.79 Å². The van der Waals surface area contributed by atoms with Crippen LogP contribution in [0.1, 0.15) is 42.7 Å². The van der Waals surface area contributed by atoms with Crippen LogP contribution in [0.25, 0.3) is 0 Å². The standard InChI is InChI=1S/C24H21ClFNO3/c1-13-21(24(29)30-2)22(14-7-9-16(26)10-8-14)23-19(27-13)11-15(12-20(23)28)17-5-3-4-6-18(17)25/h3-10,15,22,27H,11-12H2,1-2H3/t15-,22+/m1/s1. The molecule has 1 N–H and O–H groups in total. The first kappa shape index (κ1) is 20.4. The summed E-state index contributed by atoms with van der Waals surface area (Å²) in [4.78, 5) is 25.9. The Labute approximate surface area is 179 Å². The van der Waals surface area contributed by atoms with Crippen molar-refractivity contribution in [2.75, 3.05) is 7.11 Å². The first-order chi connectivity index (χ1) is 14.4. The van der Waals surface area contributed by atoms with Crippen LogP contribution in [0.15, 0.2) is 71.1 Å². The summed E-state index contributed by atoms with van der Waals surface area (Å²) >= 11 is 6.38. The molecule has 0 saturated heterocycles. The zero-order valence-electron chi connectivity index (χ0n) is 16.7. The molecule has 0 radical (unpaired) electrons. The van der Waals surface area contributed by atoms with Crippen LogP contribution >= 0.6 is 11.6 Å². The Kier molecular flexibility index (Phi) is 5.48. The van der Waals surface area contributed by atoms with E-state index >= 15 is 0 Å². The number of carbonyl (C=O) groups excluding carboxylic acids is 2. The van der Waals surface area contributed by atoms with E-state index in [1.165, 1.54) is 19.2 Å². The highest BCUT2D eigenvalue weighted by Gasteiger charge is 2.41. The van der Waals surface area contributed by atoms with E-state index in [2.05, 4.69) is 5.32 Å². The molecule has 2 aromatic carbocycles. The fraction of sp³-hybridized carbons (Fsp3) is 0.250. The molecule has 1 heterocycles. The third kappa shape index (κ3) is 3.54. The maximum atomic E-state index is 13.5. The van der Waals surface area contributed by atoms with Gasteiger partial charge >= 0.3 is 5.97 Å². The third-order valence-corrected chi connectivity index (χ3v) is 6.13.